The average molecular weight is 238 g/mol. The predicted octanol–water partition coefficient (Wildman–Crippen LogP) is 1.50. The van der Waals surface area contributed by atoms with Gasteiger partial charge in [0.1, 0.15) is 5.75 Å². The van der Waals surface area contributed by atoms with E-state index < -0.39 is 26.7 Å². The molecule has 0 heterocycles. The van der Waals surface area contributed by atoms with Gasteiger partial charge in [-0.1, -0.05) is 0 Å². The van der Waals surface area contributed by atoms with E-state index >= 15 is 0 Å². The molecule has 0 fully saturated rings. The maximum Gasteiger partial charge on any atom is 0.339 e. The Morgan fingerprint density at radius 2 is 1.80 bits per heavy atom. The maximum atomic E-state index is 13.1. The van der Waals surface area contributed by atoms with Crippen molar-refractivity contribution < 1.29 is 26.2 Å². The molecule has 0 atom stereocenters. The molecule has 0 aliphatic carbocycles. The first kappa shape index (κ1) is 11.7. The van der Waals surface area contributed by atoms with Crippen LogP contribution in [0.25, 0.3) is 0 Å². The van der Waals surface area contributed by atoms with Crippen LogP contribution >= 0.6 is 0 Å². The first-order valence-electron chi connectivity index (χ1n) is 3.77. The zero-order valence-electron chi connectivity index (χ0n) is 7.95. The van der Waals surface area contributed by atoms with E-state index in [1.165, 1.54) is 0 Å². The molecule has 1 aromatic carbocycles. The molecule has 0 spiro atoms. The van der Waals surface area contributed by atoms with Crippen LogP contribution in [0.1, 0.15) is 0 Å². The molecule has 0 N–H and O–H groups in total. The summed E-state index contributed by atoms with van der Waals surface area (Å²) in [6.45, 7) is 0. The summed E-state index contributed by atoms with van der Waals surface area (Å²) in [5, 5.41) is 0. The molecule has 7 heteroatoms. The third-order valence-corrected chi connectivity index (χ3v) is 2.57. The number of hydrogen-bond acceptors (Lipinski definition) is 4. The molecule has 1 aromatic rings. The summed E-state index contributed by atoms with van der Waals surface area (Å²) < 4.78 is 56.5. The van der Waals surface area contributed by atoms with Gasteiger partial charge >= 0.3 is 10.2 Å². The lowest BCUT2D eigenvalue weighted by molar-refractivity contribution is 0.352. The Bertz CT molecular complexity index is 470. The van der Waals surface area contributed by atoms with Crippen LogP contribution in [-0.4, -0.2) is 22.6 Å². The Morgan fingerprint density at radius 1 is 1.20 bits per heavy atom. The Labute approximate surface area is 85.6 Å². The highest BCUT2D eigenvalue weighted by molar-refractivity contribution is 7.86. The van der Waals surface area contributed by atoms with Gasteiger partial charge in [-0.15, -0.1) is 3.89 Å². The quantitative estimate of drug-likeness (QED) is 0.749. The molecular formula is C8H8F2O4S. The SMILES string of the molecule is COc1ccc(F)c(OC)c1S(=O)(=O)F. The first-order valence-corrected chi connectivity index (χ1v) is 5.15. The van der Waals surface area contributed by atoms with E-state index in [-0.39, 0.29) is 5.75 Å². The first-order chi connectivity index (χ1) is 6.91. The Balaban J connectivity index is 3.63. The van der Waals surface area contributed by atoms with Crippen molar-refractivity contribution in [3.8, 4) is 11.5 Å². The standard InChI is InChI=1S/C8H8F2O4S/c1-13-6-4-3-5(9)7(14-2)8(6)15(10,11)12/h3-4H,1-2H3. The fourth-order valence-electron chi connectivity index (χ4n) is 1.10. The monoisotopic (exact) mass is 238 g/mol. The van der Waals surface area contributed by atoms with Crippen LogP contribution < -0.4 is 9.47 Å². The summed E-state index contributed by atoms with van der Waals surface area (Å²) in [6, 6.07) is 1.93. The van der Waals surface area contributed by atoms with Crippen LogP contribution in [0, 0.1) is 5.82 Å². The van der Waals surface area contributed by atoms with Crippen molar-refractivity contribution in [2.45, 2.75) is 4.90 Å². The van der Waals surface area contributed by atoms with Crippen LogP contribution in [0.2, 0.25) is 0 Å². The Kier molecular flexibility index (Phi) is 3.13. The highest BCUT2D eigenvalue weighted by atomic mass is 32.3. The van der Waals surface area contributed by atoms with Gasteiger partial charge in [0.15, 0.2) is 16.5 Å². The molecule has 0 bridgehead atoms. The molecule has 84 valence electrons. The van der Waals surface area contributed by atoms with E-state index in [0.717, 1.165) is 26.4 Å². The molecule has 0 saturated carbocycles. The van der Waals surface area contributed by atoms with Gasteiger partial charge in [0.2, 0.25) is 0 Å². The molecule has 0 aromatic heterocycles. The highest BCUT2D eigenvalue weighted by Gasteiger charge is 2.26. The summed E-state index contributed by atoms with van der Waals surface area (Å²) in [5.41, 5.74) is 0. The van der Waals surface area contributed by atoms with Crippen molar-refractivity contribution in [2.24, 2.45) is 0 Å². The van der Waals surface area contributed by atoms with Crippen LogP contribution in [-0.2, 0) is 10.2 Å². The lowest BCUT2D eigenvalue weighted by Gasteiger charge is -2.09. The molecule has 0 amide bonds. The summed E-state index contributed by atoms with van der Waals surface area (Å²) in [7, 11) is -2.93. The van der Waals surface area contributed by atoms with Crippen molar-refractivity contribution in [3.63, 3.8) is 0 Å². The minimum Gasteiger partial charge on any atom is -0.495 e. The van der Waals surface area contributed by atoms with Crippen molar-refractivity contribution in [1.29, 1.82) is 0 Å². The fraction of sp³-hybridized carbons (Fsp3) is 0.250. The molecular weight excluding hydrogens is 230 g/mol. The topological polar surface area (TPSA) is 52.6 Å². The highest BCUT2D eigenvalue weighted by Crippen LogP contribution is 2.36. The van der Waals surface area contributed by atoms with Crippen molar-refractivity contribution in [1.82, 2.24) is 0 Å². The molecule has 4 nitrogen and oxygen atoms in total. The third-order valence-electron chi connectivity index (χ3n) is 1.70. The molecule has 15 heavy (non-hydrogen) atoms. The van der Waals surface area contributed by atoms with Gasteiger partial charge in [-0.05, 0) is 12.1 Å². The second-order valence-electron chi connectivity index (χ2n) is 2.55. The number of halogens is 2. The molecule has 0 aliphatic heterocycles. The summed E-state index contributed by atoms with van der Waals surface area (Å²) in [6.07, 6.45) is 0. The van der Waals surface area contributed by atoms with E-state index in [1.54, 1.807) is 0 Å². The van der Waals surface area contributed by atoms with E-state index in [4.69, 9.17) is 0 Å². The minimum atomic E-state index is -5.10. The van der Waals surface area contributed by atoms with E-state index in [1.807, 2.05) is 0 Å². The van der Waals surface area contributed by atoms with Gasteiger partial charge in [0.25, 0.3) is 0 Å². The zero-order chi connectivity index (χ0) is 11.6. The maximum absolute atomic E-state index is 13.1. The van der Waals surface area contributed by atoms with Crippen molar-refractivity contribution >= 4 is 10.2 Å². The van der Waals surface area contributed by atoms with Crippen molar-refractivity contribution in [3.05, 3.63) is 17.9 Å². The summed E-state index contributed by atoms with van der Waals surface area (Å²) in [4.78, 5) is -0.937. The smallest absolute Gasteiger partial charge is 0.339 e. The summed E-state index contributed by atoms with van der Waals surface area (Å²) in [5.74, 6) is -1.98. The van der Waals surface area contributed by atoms with Gasteiger partial charge in [-0.25, -0.2) is 4.39 Å². The van der Waals surface area contributed by atoms with Crippen molar-refractivity contribution in [2.75, 3.05) is 14.2 Å². The molecule has 1 rings (SSSR count). The van der Waals surface area contributed by atoms with Crippen LogP contribution in [0.4, 0.5) is 8.28 Å². The molecule has 0 saturated heterocycles. The number of rotatable bonds is 3. The van der Waals surface area contributed by atoms with Gasteiger partial charge in [0.05, 0.1) is 14.2 Å². The molecule has 0 radical (unpaired) electrons. The average Bonchev–Trinajstić information content (AvgIpc) is 2.15. The van der Waals surface area contributed by atoms with Crippen LogP contribution in [0.15, 0.2) is 17.0 Å². The number of benzene rings is 1. The fourth-order valence-corrected chi connectivity index (χ4v) is 1.90. The normalized spacial score (nSPS) is 11.2. The van der Waals surface area contributed by atoms with Gasteiger partial charge in [0, 0.05) is 0 Å². The number of methoxy groups -OCH3 is 2. The lowest BCUT2D eigenvalue weighted by Crippen LogP contribution is -2.02. The van der Waals surface area contributed by atoms with Gasteiger partial charge in [-0.2, -0.15) is 8.42 Å². The largest absolute Gasteiger partial charge is 0.495 e. The minimum absolute atomic E-state index is 0.309. The van der Waals surface area contributed by atoms with E-state index in [0.29, 0.717) is 0 Å². The predicted molar refractivity (Wildman–Crippen MR) is 47.8 cm³/mol. The second kappa shape index (κ2) is 4.01. The Morgan fingerprint density at radius 3 is 2.20 bits per heavy atom. The van der Waals surface area contributed by atoms with E-state index in [2.05, 4.69) is 9.47 Å². The Hall–Kier alpha value is -1.37. The molecule has 0 unspecified atom stereocenters. The van der Waals surface area contributed by atoms with Gasteiger partial charge in [-0.3, -0.25) is 0 Å². The second-order valence-corrected chi connectivity index (χ2v) is 3.83. The third kappa shape index (κ3) is 2.17. The van der Waals surface area contributed by atoms with E-state index in [9.17, 15) is 16.7 Å². The lowest BCUT2D eigenvalue weighted by atomic mass is 10.3. The van der Waals surface area contributed by atoms with Crippen LogP contribution in [0.3, 0.4) is 0 Å². The number of hydrogen-bond donors (Lipinski definition) is 0. The number of ether oxygens (including phenoxy) is 2. The van der Waals surface area contributed by atoms with Gasteiger partial charge < -0.3 is 9.47 Å². The van der Waals surface area contributed by atoms with Crippen LogP contribution in [0.5, 0.6) is 11.5 Å². The summed E-state index contributed by atoms with van der Waals surface area (Å²) >= 11 is 0. The zero-order valence-corrected chi connectivity index (χ0v) is 8.77. The molecule has 0 aliphatic rings.